The fraction of sp³-hybridized carbons (Fsp3) is 0.462. The summed E-state index contributed by atoms with van der Waals surface area (Å²) in [6.07, 6.45) is 0.336. The van der Waals surface area contributed by atoms with Gasteiger partial charge in [0.2, 0.25) is 0 Å². The van der Waals surface area contributed by atoms with Gasteiger partial charge in [-0.1, -0.05) is 29.8 Å². The van der Waals surface area contributed by atoms with Crippen LogP contribution in [-0.4, -0.2) is 23.7 Å². The molecule has 0 aliphatic heterocycles. The molecule has 3 nitrogen and oxygen atoms in total. The highest BCUT2D eigenvalue weighted by molar-refractivity contribution is 9.10. The van der Waals surface area contributed by atoms with Gasteiger partial charge >= 0.3 is 0 Å². The molecule has 6 heteroatoms. The Morgan fingerprint density at radius 1 is 1.37 bits per heavy atom. The topological polar surface area (TPSA) is 49.3 Å². The van der Waals surface area contributed by atoms with Crippen molar-refractivity contribution in [1.82, 2.24) is 5.32 Å². The minimum absolute atomic E-state index is 0.0534. The lowest BCUT2D eigenvalue weighted by Gasteiger charge is -2.21. The maximum Gasteiger partial charge on any atom is 0.257 e. The Labute approximate surface area is 119 Å². The molecule has 2 N–H and O–H groups in total. The van der Waals surface area contributed by atoms with Crippen molar-refractivity contribution in [2.24, 2.45) is 5.92 Å². The van der Waals surface area contributed by atoms with Crippen LogP contribution in [0.25, 0.3) is 0 Å². The number of nitrogens with one attached hydrogen (secondary N) is 1. The molecule has 0 radical (unpaired) electrons. The molecule has 0 saturated carbocycles. The number of carbonyl (C=O) groups is 1. The zero-order chi connectivity index (χ0) is 14.6. The molecule has 0 aliphatic carbocycles. The van der Waals surface area contributed by atoms with E-state index in [2.05, 4.69) is 21.2 Å². The Kier molecular flexibility index (Phi) is 5.87. The second-order valence-corrected chi connectivity index (χ2v) is 5.50. The summed E-state index contributed by atoms with van der Waals surface area (Å²) in [4.78, 5) is 11.9. The van der Waals surface area contributed by atoms with E-state index in [0.717, 1.165) is 12.1 Å². The van der Waals surface area contributed by atoms with Gasteiger partial charge in [-0.25, -0.2) is 8.78 Å². The van der Waals surface area contributed by atoms with E-state index < -0.39 is 23.1 Å². The van der Waals surface area contributed by atoms with Gasteiger partial charge in [-0.2, -0.15) is 0 Å². The van der Waals surface area contributed by atoms with Gasteiger partial charge in [0.1, 0.15) is 17.2 Å². The van der Waals surface area contributed by atoms with Crippen molar-refractivity contribution >= 4 is 21.8 Å². The standard InChI is InChI=1S/C13H16BrF2NO2/c1-7(2)11(3-4-18)17-13(19)12-9(15)5-8(14)6-10(12)16/h5-7,11,18H,3-4H2,1-2H3,(H,17,19). The van der Waals surface area contributed by atoms with Crippen molar-refractivity contribution in [1.29, 1.82) is 0 Å². The maximum absolute atomic E-state index is 13.6. The third-order valence-electron chi connectivity index (χ3n) is 2.80. The van der Waals surface area contributed by atoms with Crippen LogP contribution in [0.2, 0.25) is 0 Å². The molecule has 0 heterocycles. The van der Waals surface area contributed by atoms with Crippen LogP contribution in [0.5, 0.6) is 0 Å². The fourth-order valence-electron chi connectivity index (χ4n) is 1.71. The molecular formula is C13H16BrF2NO2. The lowest BCUT2D eigenvalue weighted by atomic mass is 10.0. The third kappa shape index (κ3) is 4.24. The van der Waals surface area contributed by atoms with Gasteiger partial charge in [0.05, 0.1) is 0 Å². The predicted octanol–water partition coefficient (Wildman–Crippen LogP) is 2.86. The number of hydrogen-bond acceptors (Lipinski definition) is 2. The number of hydrogen-bond donors (Lipinski definition) is 2. The van der Waals surface area contributed by atoms with Crippen LogP contribution in [0, 0.1) is 17.6 Å². The Morgan fingerprint density at radius 3 is 2.32 bits per heavy atom. The summed E-state index contributed by atoms with van der Waals surface area (Å²) in [5.74, 6) is -2.60. The monoisotopic (exact) mass is 335 g/mol. The smallest absolute Gasteiger partial charge is 0.257 e. The summed E-state index contributed by atoms with van der Waals surface area (Å²) < 4.78 is 27.5. The lowest BCUT2D eigenvalue weighted by molar-refractivity contribution is 0.0908. The Bertz CT molecular complexity index is 443. The van der Waals surface area contributed by atoms with E-state index in [4.69, 9.17) is 5.11 Å². The number of rotatable bonds is 5. The molecular weight excluding hydrogens is 320 g/mol. The van der Waals surface area contributed by atoms with Gasteiger partial charge < -0.3 is 10.4 Å². The zero-order valence-electron chi connectivity index (χ0n) is 10.7. The van der Waals surface area contributed by atoms with Crippen LogP contribution >= 0.6 is 15.9 Å². The quantitative estimate of drug-likeness (QED) is 0.869. The van der Waals surface area contributed by atoms with Gasteiger partial charge in [-0.15, -0.1) is 0 Å². The highest BCUT2D eigenvalue weighted by atomic mass is 79.9. The van der Waals surface area contributed by atoms with E-state index in [0.29, 0.717) is 6.42 Å². The second kappa shape index (κ2) is 6.96. The molecule has 0 spiro atoms. The van der Waals surface area contributed by atoms with Crippen molar-refractivity contribution < 1.29 is 18.7 Å². The molecule has 1 rings (SSSR count). The van der Waals surface area contributed by atoms with Crippen LogP contribution in [0.4, 0.5) is 8.78 Å². The van der Waals surface area contributed by atoms with Crippen molar-refractivity contribution in [3.05, 3.63) is 33.8 Å². The zero-order valence-corrected chi connectivity index (χ0v) is 12.3. The van der Waals surface area contributed by atoms with E-state index in [1.54, 1.807) is 0 Å². The maximum atomic E-state index is 13.6. The van der Waals surface area contributed by atoms with Crippen LogP contribution in [-0.2, 0) is 0 Å². The molecule has 106 valence electrons. The molecule has 1 aromatic rings. The molecule has 1 amide bonds. The van der Waals surface area contributed by atoms with Crippen molar-refractivity contribution in [3.8, 4) is 0 Å². The number of amides is 1. The van der Waals surface area contributed by atoms with E-state index in [-0.39, 0.29) is 23.0 Å². The van der Waals surface area contributed by atoms with Gasteiger partial charge in [-0.3, -0.25) is 4.79 Å². The van der Waals surface area contributed by atoms with E-state index >= 15 is 0 Å². The summed E-state index contributed by atoms with van der Waals surface area (Å²) in [5, 5.41) is 11.4. The predicted molar refractivity (Wildman–Crippen MR) is 71.9 cm³/mol. The SMILES string of the molecule is CC(C)C(CCO)NC(=O)c1c(F)cc(Br)cc1F. The second-order valence-electron chi connectivity index (χ2n) is 4.58. The number of aliphatic hydroxyl groups excluding tert-OH is 1. The molecule has 1 atom stereocenters. The summed E-state index contributed by atoms with van der Waals surface area (Å²) in [7, 11) is 0. The average Bonchev–Trinajstić information content (AvgIpc) is 2.26. The third-order valence-corrected chi connectivity index (χ3v) is 3.25. The van der Waals surface area contributed by atoms with Crippen LogP contribution < -0.4 is 5.32 Å². The van der Waals surface area contributed by atoms with E-state index in [1.165, 1.54) is 0 Å². The number of halogens is 3. The highest BCUT2D eigenvalue weighted by Gasteiger charge is 2.22. The summed E-state index contributed by atoms with van der Waals surface area (Å²) in [6.45, 7) is 3.61. The molecule has 0 saturated heterocycles. The molecule has 0 fully saturated rings. The average molecular weight is 336 g/mol. The van der Waals surface area contributed by atoms with Crippen molar-refractivity contribution in [2.75, 3.05) is 6.61 Å². The molecule has 0 aromatic heterocycles. The summed E-state index contributed by atoms with van der Waals surface area (Å²) in [5.41, 5.74) is -0.605. The largest absolute Gasteiger partial charge is 0.396 e. The number of aliphatic hydroxyl groups is 1. The van der Waals surface area contributed by atoms with Gasteiger partial charge in [0, 0.05) is 17.1 Å². The summed E-state index contributed by atoms with van der Waals surface area (Å²) >= 11 is 2.95. The first kappa shape index (κ1) is 16.0. The molecule has 19 heavy (non-hydrogen) atoms. The molecule has 1 unspecified atom stereocenters. The fourth-order valence-corrected chi connectivity index (χ4v) is 2.11. The van der Waals surface area contributed by atoms with Crippen molar-refractivity contribution in [2.45, 2.75) is 26.3 Å². The van der Waals surface area contributed by atoms with Gasteiger partial charge in [0.15, 0.2) is 0 Å². The molecule has 0 aliphatic rings. The first-order valence-corrected chi connectivity index (χ1v) is 6.72. The first-order chi connectivity index (χ1) is 8.86. The number of carbonyl (C=O) groups excluding carboxylic acids is 1. The molecule has 0 bridgehead atoms. The van der Waals surface area contributed by atoms with Crippen LogP contribution in [0.1, 0.15) is 30.6 Å². The van der Waals surface area contributed by atoms with E-state index in [1.807, 2.05) is 13.8 Å². The Hall–Kier alpha value is -1.01. The van der Waals surface area contributed by atoms with Gasteiger partial charge in [0.25, 0.3) is 5.91 Å². The normalized spacial score (nSPS) is 12.6. The van der Waals surface area contributed by atoms with Crippen LogP contribution in [0.3, 0.4) is 0 Å². The minimum Gasteiger partial charge on any atom is -0.396 e. The lowest BCUT2D eigenvalue weighted by Crippen LogP contribution is -2.40. The highest BCUT2D eigenvalue weighted by Crippen LogP contribution is 2.20. The van der Waals surface area contributed by atoms with E-state index in [9.17, 15) is 13.6 Å². The molecule has 1 aromatic carbocycles. The first-order valence-electron chi connectivity index (χ1n) is 5.93. The number of benzene rings is 1. The Morgan fingerprint density at radius 2 is 1.89 bits per heavy atom. The minimum atomic E-state index is -0.920. The van der Waals surface area contributed by atoms with Crippen molar-refractivity contribution in [3.63, 3.8) is 0 Å². The Balaban J connectivity index is 2.94. The van der Waals surface area contributed by atoms with Gasteiger partial charge in [-0.05, 0) is 24.5 Å². The van der Waals surface area contributed by atoms with Crippen LogP contribution in [0.15, 0.2) is 16.6 Å². The summed E-state index contributed by atoms with van der Waals surface area (Å²) in [6, 6.07) is 1.74.